The molecule has 0 saturated carbocycles. The van der Waals surface area contributed by atoms with Gasteiger partial charge < -0.3 is 15.1 Å². The number of carbonyl (C=O) groups excluding carboxylic acids is 2. The van der Waals surface area contributed by atoms with Gasteiger partial charge in [0.05, 0.1) is 4.92 Å². The molecule has 2 rings (SSSR count). The minimum atomic E-state index is -0.717. The summed E-state index contributed by atoms with van der Waals surface area (Å²) in [4.78, 5) is 39.7. The van der Waals surface area contributed by atoms with E-state index < -0.39 is 16.9 Å². The minimum absolute atomic E-state index is 0.151. The second-order valence-electron chi connectivity index (χ2n) is 7.37. The molecule has 8 nitrogen and oxygen atoms in total. The summed E-state index contributed by atoms with van der Waals surface area (Å²) >= 11 is 1.58. The summed E-state index contributed by atoms with van der Waals surface area (Å²) in [6, 6.07) is 12.7. The molecular weight excluding hydrogens is 416 g/mol. The van der Waals surface area contributed by atoms with E-state index in [4.69, 9.17) is 0 Å². The van der Waals surface area contributed by atoms with E-state index in [1.54, 1.807) is 23.7 Å². The molecular formula is C22H28N4O4S. The number of benzene rings is 2. The normalized spacial score (nSPS) is 11.5. The molecule has 9 heteroatoms. The van der Waals surface area contributed by atoms with E-state index in [0.717, 1.165) is 11.3 Å². The summed E-state index contributed by atoms with van der Waals surface area (Å²) in [7, 11) is 5.63. The molecule has 0 aliphatic heterocycles. The highest BCUT2D eigenvalue weighted by molar-refractivity contribution is 7.98. The highest BCUT2D eigenvalue weighted by Crippen LogP contribution is 2.16. The number of hydrogen-bond acceptors (Lipinski definition) is 6. The predicted molar refractivity (Wildman–Crippen MR) is 125 cm³/mol. The lowest BCUT2D eigenvalue weighted by Gasteiger charge is -2.25. The highest BCUT2D eigenvalue weighted by atomic mass is 32.2. The van der Waals surface area contributed by atoms with Crippen LogP contribution < -0.4 is 10.2 Å². The lowest BCUT2D eigenvalue weighted by molar-refractivity contribution is -0.384. The molecule has 2 aromatic carbocycles. The van der Waals surface area contributed by atoms with Crippen LogP contribution in [0.1, 0.15) is 22.3 Å². The Hall–Kier alpha value is -3.07. The van der Waals surface area contributed by atoms with Crippen molar-refractivity contribution < 1.29 is 14.5 Å². The first-order valence-corrected chi connectivity index (χ1v) is 11.2. The number of nitrogens with one attached hydrogen (secondary N) is 1. The smallest absolute Gasteiger partial charge is 0.270 e. The summed E-state index contributed by atoms with van der Waals surface area (Å²) in [5, 5.41) is 13.7. The minimum Gasteiger partial charge on any atom is -0.378 e. The van der Waals surface area contributed by atoms with Crippen molar-refractivity contribution in [3.05, 3.63) is 69.8 Å². The molecule has 0 aliphatic carbocycles. The molecule has 1 N–H and O–H groups in total. The molecule has 0 spiro atoms. The fourth-order valence-electron chi connectivity index (χ4n) is 3.01. The van der Waals surface area contributed by atoms with Crippen molar-refractivity contribution in [1.29, 1.82) is 0 Å². The van der Waals surface area contributed by atoms with Crippen molar-refractivity contribution in [2.24, 2.45) is 0 Å². The molecule has 0 saturated heterocycles. The van der Waals surface area contributed by atoms with Crippen LogP contribution in [0, 0.1) is 10.1 Å². The largest absolute Gasteiger partial charge is 0.378 e. The molecule has 166 valence electrons. The van der Waals surface area contributed by atoms with Gasteiger partial charge in [-0.2, -0.15) is 11.8 Å². The molecule has 0 heterocycles. The Balaban J connectivity index is 2.10. The van der Waals surface area contributed by atoms with E-state index in [0.29, 0.717) is 18.7 Å². The molecule has 31 heavy (non-hydrogen) atoms. The average Bonchev–Trinajstić information content (AvgIpc) is 2.76. The van der Waals surface area contributed by atoms with Crippen LogP contribution >= 0.6 is 11.8 Å². The van der Waals surface area contributed by atoms with E-state index in [1.165, 1.54) is 24.3 Å². The Morgan fingerprint density at radius 3 is 2.39 bits per heavy atom. The molecule has 1 unspecified atom stereocenters. The van der Waals surface area contributed by atoms with Crippen molar-refractivity contribution >= 4 is 35.0 Å². The van der Waals surface area contributed by atoms with Crippen LogP contribution in [0.4, 0.5) is 11.4 Å². The van der Waals surface area contributed by atoms with Crippen LogP contribution in [-0.2, 0) is 11.3 Å². The SMILES string of the molecule is CSCCC(NC(=O)c1cccc([N+](=O)[O-])c1)C(=O)N(C)Cc1ccc(N(C)C)cc1. The zero-order chi connectivity index (χ0) is 23.0. The number of nitro benzene ring substituents is 1. The molecule has 1 atom stereocenters. The third-order valence-electron chi connectivity index (χ3n) is 4.78. The van der Waals surface area contributed by atoms with Gasteiger partial charge in [0.25, 0.3) is 11.6 Å². The summed E-state index contributed by atoms with van der Waals surface area (Å²) in [5.41, 5.74) is 2.03. The maximum absolute atomic E-state index is 13.1. The first-order valence-electron chi connectivity index (χ1n) is 9.78. The molecule has 0 radical (unpaired) electrons. The third-order valence-corrected chi connectivity index (χ3v) is 5.43. The Kier molecular flexibility index (Phi) is 8.87. The van der Waals surface area contributed by atoms with Gasteiger partial charge in [-0.3, -0.25) is 19.7 Å². The average molecular weight is 445 g/mol. The van der Waals surface area contributed by atoms with Gasteiger partial charge in [-0.1, -0.05) is 18.2 Å². The fourth-order valence-corrected chi connectivity index (χ4v) is 3.48. The van der Waals surface area contributed by atoms with Gasteiger partial charge in [0.2, 0.25) is 5.91 Å². The Bertz CT molecular complexity index is 918. The monoisotopic (exact) mass is 444 g/mol. The summed E-state index contributed by atoms with van der Waals surface area (Å²) < 4.78 is 0. The number of rotatable bonds is 10. The number of likely N-dealkylation sites (N-methyl/N-ethyl adjacent to an activating group) is 1. The number of non-ortho nitro benzene ring substituents is 1. The lowest BCUT2D eigenvalue weighted by atomic mass is 10.1. The highest BCUT2D eigenvalue weighted by Gasteiger charge is 2.25. The van der Waals surface area contributed by atoms with E-state index in [-0.39, 0.29) is 17.2 Å². The molecule has 0 fully saturated rings. The maximum Gasteiger partial charge on any atom is 0.270 e. The van der Waals surface area contributed by atoms with Crippen LogP contribution in [0.15, 0.2) is 48.5 Å². The van der Waals surface area contributed by atoms with Crippen molar-refractivity contribution in [1.82, 2.24) is 10.2 Å². The van der Waals surface area contributed by atoms with Crippen LogP contribution in [0.2, 0.25) is 0 Å². The molecule has 0 bridgehead atoms. The molecule has 0 aromatic heterocycles. The predicted octanol–water partition coefficient (Wildman–Crippen LogP) is 3.17. The molecule has 2 aromatic rings. The van der Waals surface area contributed by atoms with E-state index >= 15 is 0 Å². The quantitative estimate of drug-likeness (QED) is 0.447. The third kappa shape index (κ3) is 6.99. The fraction of sp³-hybridized carbons (Fsp3) is 0.364. The van der Waals surface area contributed by atoms with E-state index in [1.807, 2.05) is 49.5 Å². The Labute approximate surface area is 186 Å². The summed E-state index contributed by atoms with van der Waals surface area (Å²) in [5.74, 6) is -0.0202. The number of anilines is 1. The Morgan fingerprint density at radius 2 is 1.81 bits per heavy atom. The van der Waals surface area contributed by atoms with Crippen LogP contribution in [0.5, 0.6) is 0 Å². The van der Waals surface area contributed by atoms with Gasteiger partial charge in [0.1, 0.15) is 6.04 Å². The number of thioether (sulfide) groups is 1. The zero-order valence-corrected chi connectivity index (χ0v) is 19.0. The molecule has 0 aliphatic rings. The van der Waals surface area contributed by atoms with Crippen LogP contribution in [0.3, 0.4) is 0 Å². The van der Waals surface area contributed by atoms with Crippen molar-refractivity contribution in [2.75, 3.05) is 38.1 Å². The Morgan fingerprint density at radius 1 is 1.13 bits per heavy atom. The second-order valence-corrected chi connectivity index (χ2v) is 8.36. The van der Waals surface area contributed by atoms with Crippen LogP contribution in [-0.4, -0.2) is 60.8 Å². The number of hydrogen-bond donors (Lipinski definition) is 1. The topological polar surface area (TPSA) is 95.8 Å². The first kappa shape index (κ1) is 24.2. The number of amides is 2. The van der Waals surface area contributed by atoms with Crippen molar-refractivity contribution in [3.63, 3.8) is 0 Å². The maximum atomic E-state index is 13.1. The van der Waals surface area contributed by atoms with E-state index in [9.17, 15) is 19.7 Å². The zero-order valence-electron chi connectivity index (χ0n) is 18.2. The van der Waals surface area contributed by atoms with Crippen molar-refractivity contribution in [2.45, 2.75) is 19.0 Å². The van der Waals surface area contributed by atoms with Gasteiger partial charge in [-0.25, -0.2) is 0 Å². The standard InChI is InChI=1S/C22H28N4O4S/c1-24(2)18-10-8-16(9-11-18)15-25(3)22(28)20(12-13-31-4)23-21(27)17-6-5-7-19(14-17)26(29)30/h5-11,14,20H,12-13,15H2,1-4H3,(H,23,27). The van der Waals surface area contributed by atoms with Crippen LogP contribution in [0.25, 0.3) is 0 Å². The summed E-state index contributed by atoms with van der Waals surface area (Å²) in [6.45, 7) is 0.412. The number of nitrogens with zero attached hydrogens (tertiary/aromatic N) is 3. The summed E-state index contributed by atoms with van der Waals surface area (Å²) in [6.07, 6.45) is 2.39. The van der Waals surface area contributed by atoms with Gasteiger partial charge in [-0.15, -0.1) is 0 Å². The van der Waals surface area contributed by atoms with Gasteiger partial charge >= 0.3 is 0 Å². The number of carbonyl (C=O) groups is 2. The number of nitro groups is 1. The molecule has 2 amide bonds. The van der Waals surface area contributed by atoms with E-state index in [2.05, 4.69) is 5.32 Å². The van der Waals surface area contributed by atoms with Crippen molar-refractivity contribution in [3.8, 4) is 0 Å². The van der Waals surface area contributed by atoms with Gasteiger partial charge in [0.15, 0.2) is 0 Å². The lowest BCUT2D eigenvalue weighted by Crippen LogP contribution is -2.47. The first-order chi connectivity index (χ1) is 14.7. The second kappa shape index (κ2) is 11.4. The van der Waals surface area contributed by atoms with Gasteiger partial charge in [-0.05, 0) is 42.2 Å². The van der Waals surface area contributed by atoms with Gasteiger partial charge in [0, 0.05) is 51.1 Å².